The van der Waals surface area contributed by atoms with E-state index in [1.54, 1.807) is 0 Å². The smallest absolute Gasteiger partial charge is 0.323 e. The Balaban J connectivity index is 0.00000544. The fraction of sp³-hybridized carbons (Fsp3) is 0.333. The summed E-state index contributed by atoms with van der Waals surface area (Å²) in [5.74, 6) is 0. The van der Waals surface area contributed by atoms with Crippen molar-refractivity contribution in [3.63, 3.8) is 0 Å². The van der Waals surface area contributed by atoms with Crippen LogP contribution < -0.4 is 5.73 Å². The fourth-order valence-corrected chi connectivity index (χ4v) is 4.36. The van der Waals surface area contributed by atoms with E-state index in [9.17, 15) is 44.9 Å². The van der Waals surface area contributed by atoms with Gasteiger partial charge >= 0.3 is 12.4 Å². The van der Waals surface area contributed by atoms with Gasteiger partial charge in [-0.15, -0.1) is 12.4 Å². The molecule has 0 aliphatic rings. The Kier molecular flexibility index (Phi) is 8.88. The van der Waals surface area contributed by atoms with Gasteiger partial charge < -0.3 is 5.73 Å². The van der Waals surface area contributed by atoms with Crippen molar-refractivity contribution in [3.05, 3.63) is 69.3 Å². The molecule has 0 spiro atoms. The number of halogens is 7. The maximum absolute atomic E-state index is 13.2. The zero-order valence-electron chi connectivity index (χ0n) is 16.7. The lowest BCUT2D eigenvalue weighted by Crippen LogP contribution is -2.37. The summed E-state index contributed by atoms with van der Waals surface area (Å²) in [5.41, 5.74) is 1.33. The monoisotopic (exact) mass is 521 g/mol. The van der Waals surface area contributed by atoms with Crippen LogP contribution >= 0.6 is 12.4 Å². The van der Waals surface area contributed by atoms with Crippen LogP contribution in [-0.4, -0.2) is 30.7 Å². The van der Waals surface area contributed by atoms with Gasteiger partial charge in [0.25, 0.3) is 5.69 Å². The number of nitrogens with zero attached hydrogens (tertiary/aromatic N) is 2. The number of sulfonamides is 1. The summed E-state index contributed by atoms with van der Waals surface area (Å²) >= 11 is 0. The molecule has 33 heavy (non-hydrogen) atoms. The number of rotatable bonds is 7. The van der Waals surface area contributed by atoms with E-state index in [0.29, 0.717) is 0 Å². The molecule has 2 N–H and O–H groups in total. The first-order valence-corrected chi connectivity index (χ1v) is 10.3. The lowest BCUT2D eigenvalue weighted by atomic mass is 9.99. The molecule has 0 heterocycles. The van der Waals surface area contributed by atoms with E-state index in [0.717, 1.165) is 34.6 Å². The first kappa shape index (κ1) is 28.6. The standard InChI is InChI=1S/C18H17F6N3O4S.ClH/c1-2-26(32(30,31)13-6-4-12(5-7-13)27(28)29)10-16(25)11-3-8-14(17(19,20)21)15(9-11)18(22,23)24;/h3-9,16H,2,10,25H2,1H3;1H/t16-;/m1./s1. The molecule has 0 saturated carbocycles. The average molecular weight is 522 g/mol. The highest BCUT2D eigenvalue weighted by Gasteiger charge is 2.43. The van der Waals surface area contributed by atoms with E-state index in [2.05, 4.69) is 0 Å². The normalized spacial score (nSPS) is 13.5. The molecule has 7 nitrogen and oxygen atoms in total. The molecule has 0 fully saturated rings. The third-order valence-electron chi connectivity index (χ3n) is 4.52. The van der Waals surface area contributed by atoms with Gasteiger partial charge in [-0.3, -0.25) is 10.1 Å². The van der Waals surface area contributed by atoms with Crippen LogP contribution in [0.1, 0.15) is 29.7 Å². The van der Waals surface area contributed by atoms with Gasteiger partial charge in [-0.05, 0) is 29.8 Å². The Morgan fingerprint density at radius 1 is 1.00 bits per heavy atom. The highest BCUT2D eigenvalue weighted by Crippen LogP contribution is 2.41. The van der Waals surface area contributed by atoms with Crippen molar-refractivity contribution < 1.29 is 39.7 Å². The zero-order valence-corrected chi connectivity index (χ0v) is 18.4. The Morgan fingerprint density at radius 2 is 1.52 bits per heavy atom. The number of hydrogen-bond donors (Lipinski definition) is 1. The molecule has 0 aromatic heterocycles. The van der Waals surface area contributed by atoms with Crippen LogP contribution in [0.2, 0.25) is 0 Å². The molecule has 0 aliphatic carbocycles. The van der Waals surface area contributed by atoms with Crippen LogP contribution in [-0.2, 0) is 22.4 Å². The van der Waals surface area contributed by atoms with Gasteiger partial charge in [-0.1, -0.05) is 13.0 Å². The molecule has 184 valence electrons. The highest BCUT2D eigenvalue weighted by molar-refractivity contribution is 7.89. The van der Waals surface area contributed by atoms with E-state index in [1.807, 2.05) is 0 Å². The predicted molar refractivity (Wildman–Crippen MR) is 108 cm³/mol. The van der Waals surface area contributed by atoms with E-state index in [-0.39, 0.29) is 47.2 Å². The Hall–Kier alpha value is -2.42. The summed E-state index contributed by atoms with van der Waals surface area (Å²) in [6, 6.07) is 3.78. The zero-order chi connectivity index (χ0) is 24.5. The Bertz CT molecular complexity index is 1090. The van der Waals surface area contributed by atoms with E-state index < -0.39 is 51.0 Å². The maximum atomic E-state index is 13.2. The minimum Gasteiger partial charge on any atom is -0.323 e. The summed E-state index contributed by atoms with van der Waals surface area (Å²) in [5, 5.41) is 10.7. The predicted octanol–water partition coefficient (Wildman–Crippen LogP) is 4.76. The number of nitro benzene ring substituents is 1. The largest absolute Gasteiger partial charge is 0.417 e. The quantitative estimate of drug-likeness (QED) is 0.321. The average Bonchev–Trinajstić information content (AvgIpc) is 2.69. The van der Waals surface area contributed by atoms with Crippen LogP contribution in [0.3, 0.4) is 0 Å². The van der Waals surface area contributed by atoms with Gasteiger partial charge in [-0.2, -0.15) is 30.6 Å². The van der Waals surface area contributed by atoms with Crippen molar-refractivity contribution in [2.75, 3.05) is 13.1 Å². The lowest BCUT2D eigenvalue weighted by molar-refractivity contribution is -0.384. The molecule has 0 saturated heterocycles. The first-order valence-electron chi connectivity index (χ1n) is 8.87. The molecule has 0 aliphatic heterocycles. The molecule has 2 rings (SSSR count). The van der Waals surface area contributed by atoms with Crippen molar-refractivity contribution >= 4 is 28.1 Å². The number of nitrogens with two attached hydrogens (primary N) is 1. The minimum atomic E-state index is -5.31. The second-order valence-corrected chi connectivity index (χ2v) is 8.55. The summed E-state index contributed by atoms with van der Waals surface area (Å²) in [6.45, 7) is 0.710. The van der Waals surface area contributed by atoms with Gasteiger partial charge in [0.05, 0.1) is 20.9 Å². The molecule has 1 atom stereocenters. The van der Waals surface area contributed by atoms with Gasteiger partial charge in [0.2, 0.25) is 10.0 Å². The van der Waals surface area contributed by atoms with Crippen LogP contribution in [0.4, 0.5) is 32.0 Å². The number of likely N-dealkylation sites (N-methyl/N-ethyl adjacent to an activating group) is 1. The molecular weight excluding hydrogens is 504 g/mol. The van der Waals surface area contributed by atoms with Gasteiger partial charge in [0.1, 0.15) is 0 Å². The van der Waals surface area contributed by atoms with E-state index in [4.69, 9.17) is 5.73 Å². The summed E-state index contributed by atoms with van der Waals surface area (Å²) < 4.78 is 105. The summed E-state index contributed by atoms with van der Waals surface area (Å²) in [6.07, 6.45) is -10.6. The first-order chi connectivity index (χ1) is 14.6. The molecule has 0 bridgehead atoms. The number of non-ortho nitro benzene ring substituents is 1. The molecular formula is C18H18ClF6N3O4S. The van der Waals surface area contributed by atoms with E-state index >= 15 is 0 Å². The third-order valence-corrected chi connectivity index (χ3v) is 6.48. The maximum Gasteiger partial charge on any atom is 0.417 e. The van der Waals surface area contributed by atoms with Gasteiger partial charge in [0.15, 0.2) is 0 Å². The van der Waals surface area contributed by atoms with Crippen LogP contribution in [0.25, 0.3) is 0 Å². The molecule has 2 aromatic rings. The minimum absolute atomic E-state index is 0. The number of hydrogen-bond acceptors (Lipinski definition) is 5. The number of nitro groups is 1. The second-order valence-electron chi connectivity index (χ2n) is 6.61. The molecule has 0 radical (unpaired) electrons. The van der Waals surface area contributed by atoms with Gasteiger partial charge in [-0.25, -0.2) is 8.42 Å². The SMILES string of the molecule is CCN(C[C@@H](N)c1ccc(C(F)(F)F)c(C(F)(F)F)c1)S(=O)(=O)c1ccc([N+](=O)[O-])cc1.Cl. The molecule has 15 heteroatoms. The molecule has 0 amide bonds. The molecule has 0 unspecified atom stereocenters. The van der Waals surface area contributed by atoms with Crippen LogP contribution in [0.5, 0.6) is 0 Å². The number of alkyl halides is 6. The fourth-order valence-electron chi connectivity index (χ4n) is 2.89. The topological polar surface area (TPSA) is 107 Å². The molecule has 2 aromatic carbocycles. The van der Waals surface area contributed by atoms with Crippen LogP contribution in [0.15, 0.2) is 47.4 Å². The lowest BCUT2D eigenvalue weighted by Gasteiger charge is -2.25. The summed E-state index contributed by atoms with van der Waals surface area (Å²) in [4.78, 5) is 9.67. The number of benzene rings is 2. The van der Waals surface area contributed by atoms with Gasteiger partial charge in [0, 0.05) is 31.3 Å². The van der Waals surface area contributed by atoms with Crippen molar-refractivity contribution in [2.24, 2.45) is 5.73 Å². The van der Waals surface area contributed by atoms with Crippen LogP contribution in [0, 0.1) is 10.1 Å². The Labute approximate surface area is 190 Å². The third kappa shape index (κ3) is 6.56. The summed E-state index contributed by atoms with van der Waals surface area (Å²) in [7, 11) is -4.24. The second kappa shape index (κ2) is 10.2. The van der Waals surface area contributed by atoms with E-state index in [1.165, 1.54) is 6.92 Å². The van der Waals surface area contributed by atoms with Crippen molar-refractivity contribution in [1.82, 2.24) is 4.31 Å². The Morgan fingerprint density at radius 3 is 1.94 bits per heavy atom. The van der Waals surface area contributed by atoms with Crippen molar-refractivity contribution in [1.29, 1.82) is 0 Å². The van der Waals surface area contributed by atoms with Crippen molar-refractivity contribution in [2.45, 2.75) is 30.2 Å². The van der Waals surface area contributed by atoms with Crippen molar-refractivity contribution in [3.8, 4) is 0 Å². The highest BCUT2D eigenvalue weighted by atomic mass is 35.5.